The Bertz CT molecular complexity index is 534. The van der Waals surface area contributed by atoms with Gasteiger partial charge in [-0.15, -0.1) is 0 Å². The highest BCUT2D eigenvalue weighted by Gasteiger charge is 2.03. The van der Waals surface area contributed by atoms with Crippen LogP contribution >= 0.6 is 0 Å². The molecule has 0 saturated carbocycles. The van der Waals surface area contributed by atoms with Gasteiger partial charge in [-0.05, 0) is 42.7 Å². The summed E-state index contributed by atoms with van der Waals surface area (Å²) >= 11 is 0. The summed E-state index contributed by atoms with van der Waals surface area (Å²) in [5.74, 6) is 0.884. The summed E-state index contributed by atoms with van der Waals surface area (Å²) in [7, 11) is 1.70. The zero-order valence-electron chi connectivity index (χ0n) is 11.2. The van der Waals surface area contributed by atoms with Crippen molar-refractivity contribution in [1.82, 2.24) is 0 Å². The van der Waals surface area contributed by atoms with Gasteiger partial charge in [0.25, 0.3) is 0 Å². The number of anilines is 1. The van der Waals surface area contributed by atoms with Gasteiger partial charge in [0.1, 0.15) is 5.75 Å². The number of methoxy groups -OCH3 is 1. The first-order valence-electron chi connectivity index (χ1n) is 6.13. The monoisotopic (exact) mass is 241 g/mol. The van der Waals surface area contributed by atoms with Gasteiger partial charge >= 0.3 is 0 Å². The molecule has 2 aromatic rings. The molecule has 94 valence electrons. The molecule has 0 atom stereocenters. The van der Waals surface area contributed by atoms with Crippen LogP contribution in [0.2, 0.25) is 0 Å². The number of benzene rings is 2. The third-order valence-electron chi connectivity index (χ3n) is 3.09. The van der Waals surface area contributed by atoms with Crippen LogP contribution in [-0.4, -0.2) is 7.11 Å². The fourth-order valence-electron chi connectivity index (χ4n) is 1.96. The van der Waals surface area contributed by atoms with Crippen LogP contribution in [0.3, 0.4) is 0 Å². The molecular formula is C16H19NO. The Balaban J connectivity index is 2.15. The van der Waals surface area contributed by atoms with Gasteiger partial charge < -0.3 is 10.1 Å². The van der Waals surface area contributed by atoms with E-state index in [9.17, 15) is 0 Å². The molecule has 0 spiro atoms. The third-order valence-corrected chi connectivity index (χ3v) is 3.09. The fourth-order valence-corrected chi connectivity index (χ4v) is 1.96. The summed E-state index contributed by atoms with van der Waals surface area (Å²) in [6.45, 7) is 5.02. The first-order chi connectivity index (χ1) is 8.70. The molecule has 0 bridgehead atoms. The molecule has 0 aliphatic carbocycles. The number of rotatable bonds is 4. The summed E-state index contributed by atoms with van der Waals surface area (Å²) in [6, 6.07) is 14.6. The topological polar surface area (TPSA) is 21.3 Å². The predicted molar refractivity (Wildman–Crippen MR) is 76.2 cm³/mol. The molecule has 2 rings (SSSR count). The van der Waals surface area contributed by atoms with E-state index in [0.29, 0.717) is 0 Å². The Morgan fingerprint density at radius 1 is 1.06 bits per heavy atom. The van der Waals surface area contributed by atoms with Crippen molar-refractivity contribution in [1.29, 1.82) is 0 Å². The van der Waals surface area contributed by atoms with Crippen LogP contribution in [0.15, 0.2) is 42.5 Å². The molecular weight excluding hydrogens is 222 g/mol. The molecule has 0 aliphatic rings. The molecule has 0 heterocycles. The van der Waals surface area contributed by atoms with E-state index in [1.165, 1.54) is 16.7 Å². The van der Waals surface area contributed by atoms with Crippen LogP contribution in [0.1, 0.15) is 16.7 Å². The van der Waals surface area contributed by atoms with E-state index in [2.05, 4.69) is 55.6 Å². The van der Waals surface area contributed by atoms with E-state index in [4.69, 9.17) is 4.74 Å². The molecule has 2 aromatic carbocycles. The van der Waals surface area contributed by atoms with E-state index in [0.717, 1.165) is 18.0 Å². The van der Waals surface area contributed by atoms with Gasteiger partial charge in [0.2, 0.25) is 0 Å². The smallest absolute Gasteiger partial charge is 0.141 e. The normalized spacial score (nSPS) is 10.2. The molecule has 0 saturated heterocycles. The number of aryl methyl sites for hydroxylation is 2. The number of hydrogen-bond acceptors (Lipinski definition) is 2. The van der Waals surface area contributed by atoms with Crippen molar-refractivity contribution in [2.45, 2.75) is 20.4 Å². The van der Waals surface area contributed by atoms with E-state index in [-0.39, 0.29) is 0 Å². The largest absolute Gasteiger partial charge is 0.495 e. The predicted octanol–water partition coefficient (Wildman–Crippen LogP) is 3.92. The highest BCUT2D eigenvalue weighted by atomic mass is 16.5. The van der Waals surface area contributed by atoms with Gasteiger partial charge in [-0.1, -0.05) is 30.3 Å². The van der Waals surface area contributed by atoms with Gasteiger partial charge in [0, 0.05) is 6.54 Å². The second kappa shape index (κ2) is 5.58. The van der Waals surface area contributed by atoms with Crippen molar-refractivity contribution in [3.05, 3.63) is 59.2 Å². The fraction of sp³-hybridized carbons (Fsp3) is 0.250. The second-order valence-corrected chi connectivity index (χ2v) is 4.48. The average molecular weight is 241 g/mol. The van der Waals surface area contributed by atoms with Crippen LogP contribution in [0, 0.1) is 13.8 Å². The summed E-state index contributed by atoms with van der Waals surface area (Å²) in [6.07, 6.45) is 0. The second-order valence-electron chi connectivity index (χ2n) is 4.48. The lowest BCUT2D eigenvalue weighted by Crippen LogP contribution is -2.03. The van der Waals surface area contributed by atoms with Crippen LogP contribution in [0.5, 0.6) is 5.75 Å². The molecule has 0 unspecified atom stereocenters. The van der Waals surface area contributed by atoms with Gasteiger partial charge in [0.15, 0.2) is 0 Å². The summed E-state index contributed by atoms with van der Waals surface area (Å²) in [5, 5.41) is 3.44. The molecule has 0 radical (unpaired) electrons. The van der Waals surface area contributed by atoms with Gasteiger partial charge in [-0.2, -0.15) is 0 Å². The molecule has 0 aliphatic heterocycles. The minimum Gasteiger partial charge on any atom is -0.495 e. The Morgan fingerprint density at radius 3 is 2.56 bits per heavy atom. The van der Waals surface area contributed by atoms with Crippen molar-refractivity contribution in [3.8, 4) is 5.75 Å². The van der Waals surface area contributed by atoms with E-state index < -0.39 is 0 Å². The lowest BCUT2D eigenvalue weighted by atomic mass is 10.1. The molecule has 1 N–H and O–H groups in total. The Morgan fingerprint density at radius 2 is 1.83 bits per heavy atom. The van der Waals surface area contributed by atoms with Gasteiger partial charge in [-0.3, -0.25) is 0 Å². The molecule has 18 heavy (non-hydrogen) atoms. The Hall–Kier alpha value is -1.96. The average Bonchev–Trinajstić information content (AvgIpc) is 2.38. The summed E-state index contributed by atoms with van der Waals surface area (Å²) < 4.78 is 5.36. The van der Waals surface area contributed by atoms with Gasteiger partial charge in [-0.25, -0.2) is 0 Å². The van der Waals surface area contributed by atoms with Crippen LogP contribution < -0.4 is 10.1 Å². The highest BCUT2D eigenvalue weighted by Crippen LogP contribution is 2.25. The number of nitrogens with one attached hydrogen (secondary N) is 1. The standard InChI is InChI=1S/C16H19NO/c1-12-8-9-16(18-3)15(10-12)17-11-14-7-5-4-6-13(14)2/h4-10,17H,11H2,1-3H3. The molecule has 2 nitrogen and oxygen atoms in total. The van der Waals surface area contributed by atoms with Crippen molar-refractivity contribution >= 4 is 5.69 Å². The van der Waals surface area contributed by atoms with Crippen molar-refractivity contribution < 1.29 is 4.74 Å². The van der Waals surface area contributed by atoms with E-state index >= 15 is 0 Å². The Labute approximate surface area is 109 Å². The molecule has 0 aromatic heterocycles. The molecule has 0 fully saturated rings. The first kappa shape index (κ1) is 12.5. The lowest BCUT2D eigenvalue weighted by Gasteiger charge is -2.13. The zero-order valence-corrected chi connectivity index (χ0v) is 11.2. The number of hydrogen-bond donors (Lipinski definition) is 1. The Kier molecular flexibility index (Phi) is 3.88. The van der Waals surface area contributed by atoms with Gasteiger partial charge in [0.05, 0.1) is 12.8 Å². The van der Waals surface area contributed by atoms with Crippen molar-refractivity contribution in [2.24, 2.45) is 0 Å². The maximum absolute atomic E-state index is 5.36. The third kappa shape index (κ3) is 2.83. The van der Waals surface area contributed by atoms with Crippen LogP contribution in [-0.2, 0) is 6.54 Å². The van der Waals surface area contributed by atoms with Crippen molar-refractivity contribution in [2.75, 3.05) is 12.4 Å². The van der Waals surface area contributed by atoms with Crippen LogP contribution in [0.25, 0.3) is 0 Å². The summed E-state index contributed by atoms with van der Waals surface area (Å²) in [5.41, 5.74) is 4.88. The van der Waals surface area contributed by atoms with E-state index in [1.807, 2.05) is 6.07 Å². The quantitative estimate of drug-likeness (QED) is 0.875. The minimum atomic E-state index is 0.812. The van der Waals surface area contributed by atoms with Crippen molar-refractivity contribution in [3.63, 3.8) is 0 Å². The van der Waals surface area contributed by atoms with E-state index in [1.54, 1.807) is 7.11 Å². The first-order valence-corrected chi connectivity index (χ1v) is 6.13. The molecule has 0 amide bonds. The summed E-state index contributed by atoms with van der Waals surface area (Å²) in [4.78, 5) is 0. The minimum absolute atomic E-state index is 0.812. The maximum Gasteiger partial charge on any atom is 0.141 e. The zero-order chi connectivity index (χ0) is 13.0. The lowest BCUT2D eigenvalue weighted by molar-refractivity contribution is 0.416. The maximum atomic E-state index is 5.36. The number of ether oxygens (including phenoxy) is 1. The molecule has 2 heteroatoms. The highest BCUT2D eigenvalue weighted by molar-refractivity contribution is 5.58. The van der Waals surface area contributed by atoms with Crippen LogP contribution in [0.4, 0.5) is 5.69 Å². The SMILES string of the molecule is COc1ccc(C)cc1NCc1ccccc1C.